The first kappa shape index (κ1) is 15.1. The van der Waals surface area contributed by atoms with Crippen LogP contribution in [0, 0.1) is 0 Å². The van der Waals surface area contributed by atoms with Crippen LogP contribution in [0.1, 0.15) is 17.3 Å². The predicted octanol–water partition coefficient (Wildman–Crippen LogP) is 1.08. The van der Waals surface area contributed by atoms with E-state index in [-0.39, 0.29) is 6.04 Å². The van der Waals surface area contributed by atoms with Crippen LogP contribution in [0.4, 0.5) is 0 Å². The molecule has 0 radical (unpaired) electrons. The van der Waals surface area contributed by atoms with Gasteiger partial charge in [0.2, 0.25) is 0 Å². The van der Waals surface area contributed by atoms with Gasteiger partial charge in [0, 0.05) is 37.3 Å². The molecule has 1 aromatic carbocycles. The minimum atomic E-state index is -0.281. The fourth-order valence-corrected chi connectivity index (χ4v) is 2.17. The zero-order valence-electron chi connectivity index (χ0n) is 12.7. The number of benzene rings is 1. The number of nitrogens with zero attached hydrogens (tertiary/aromatic N) is 3. The third kappa shape index (κ3) is 3.25. The Kier molecular flexibility index (Phi) is 4.64. The second kappa shape index (κ2) is 6.45. The van der Waals surface area contributed by atoms with Gasteiger partial charge in [-0.1, -0.05) is 5.21 Å². The molecule has 2 aromatic rings. The molecule has 2 rings (SSSR count). The summed E-state index contributed by atoms with van der Waals surface area (Å²) in [5.74, 6) is 1.87. The Morgan fingerprint density at radius 1 is 1.10 bits per heavy atom. The number of ether oxygens (including phenoxy) is 3. The van der Waals surface area contributed by atoms with Gasteiger partial charge >= 0.3 is 0 Å². The van der Waals surface area contributed by atoms with Crippen LogP contribution in [-0.4, -0.2) is 36.3 Å². The van der Waals surface area contributed by atoms with Gasteiger partial charge in [0.05, 0.1) is 27.0 Å². The van der Waals surface area contributed by atoms with Crippen molar-refractivity contribution in [1.29, 1.82) is 0 Å². The lowest BCUT2D eigenvalue weighted by atomic mass is 10.0. The van der Waals surface area contributed by atoms with E-state index in [0.717, 1.165) is 11.3 Å². The zero-order valence-corrected chi connectivity index (χ0v) is 12.7. The van der Waals surface area contributed by atoms with Crippen molar-refractivity contribution in [3.8, 4) is 17.2 Å². The van der Waals surface area contributed by atoms with Gasteiger partial charge in [0.25, 0.3) is 0 Å². The van der Waals surface area contributed by atoms with Crippen LogP contribution in [0.2, 0.25) is 0 Å². The van der Waals surface area contributed by atoms with Gasteiger partial charge in [0.15, 0.2) is 11.5 Å². The maximum absolute atomic E-state index is 6.27. The van der Waals surface area contributed by atoms with E-state index in [2.05, 4.69) is 10.3 Å². The van der Waals surface area contributed by atoms with Gasteiger partial charge in [-0.15, -0.1) is 5.10 Å². The first-order valence-electron chi connectivity index (χ1n) is 6.49. The molecule has 0 aliphatic rings. The van der Waals surface area contributed by atoms with Crippen LogP contribution in [0.25, 0.3) is 0 Å². The molecular weight excluding hydrogens is 272 g/mol. The molecule has 0 aliphatic carbocycles. The van der Waals surface area contributed by atoms with Gasteiger partial charge in [-0.25, -0.2) is 0 Å². The second-order valence-electron chi connectivity index (χ2n) is 4.64. The highest BCUT2D eigenvalue weighted by Crippen LogP contribution is 2.37. The minimum Gasteiger partial charge on any atom is -0.496 e. The molecule has 1 aromatic heterocycles. The summed E-state index contributed by atoms with van der Waals surface area (Å²) in [6.45, 7) is 0. The van der Waals surface area contributed by atoms with Crippen LogP contribution in [0.5, 0.6) is 17.2 Å². The number of methoxy groups -OCH3 is 3. The highest BCUT2D eigenvalue weighted by atomic mass is 16.5. The van der Waals surface area contributed by atoms with Crippen molar-refractivity contribution in [3.05, 3.63) is 29.6 Å². The Balaban J connectivity index is 2.32. The zero-order chi connectivity index (χ0) is 15.4. The third-order valence-corrected chi connectivity index (χ3v) is 3.21. The highest BCUT2D eigenvalue weighted by molar-refractivity contribution is 5.51. The van der Waals surface area contributed by atoms with Crippen LogP contribution in [0.3, 0.4) is 0 Å². The quantitative estimate of drug-likeness (QED) is 0.857. The van der Waals surface area contributed by atoms with Crippen LogP contribution >= 0.6 is 0 Å². The molecule has 7 heteroatoms. The highest BCUT2D eigenvalue weighted by Gasteiger charge is 2.18. The summed E-state index contributed by atoms with van der Waals surface area (Å²) in [7, 11) is 6.58. The van der Waals surface area contributed by atoms with E-state index in [4.69, 9.17) is 19.9 Å². The lowest BCUT2D eigenvalue weighted by molar-refractivity contribution is 0.346. The summed E-state index contributed by atoms with van der Waals surface area (Å²) in [6.07, 6.45) is 2.40. The molecule has 0 bridgehead atoms. The lowest BCUT2D eigenvalue weighted by Gasteiger charge is -2.18. The molecule has 0 aliphatic heterocycles. The molecule has 0 spiro atoms. The largest absolute Gasteiger partial charge is 0.496 e. The Bertz CT molecular complexity index is 612. The normalized spacial score (nSPS) is 12.0. The monoisotopic (exact) mass is 292 g/mol. The number of hydrogen-bond acceptors (Lipinski definition) is 6. The third-order valence-electron chi connectivity index (χ3n) is 3.21. The summed E-state index contributed by atoms with van der Waals surface area (Å²) >= 11 is 0. The molecule has 21 heavy (non-hydrogen) atoms. The van der Waals surface area contributed by atoms with Gasteiger partial charge in [-0.05, 0) is 6.07 Å². The molecular formula is C14H20N4O3. The molecule has 0 saturated heterocycles. The molecule has 0 amide bonds. The minimum absolute atomic E-state index is 0.281. The number of rotatable bonds is 6. The van der Waals surface area contributed by atoms with E-state index >= 15 is 0 Å². The number of hydrogen-bond donors (Lipinski definition) is 1. The Morgan fingerprint density at radius 3 is 2.24 bits per heavy atom. The van der Waals surface area contributed by atoms with Gasteiger partial charge in [-0.3, -0.25) is 4.68 Å². The van der Waals surface area contributed by atoms with Crippen molar-refractivity contribution in [3.63, 3.8) is 0 Å². The predicted molar refractivity (Wildman–Crippen MR) is 77.7 cm³/mol. The van der Waals surface area contributed by atoms with Gasteiger partial charge in [-0.2, -0.15) is 0 Å². The maximum Gasteiger partial charge on any atom is 0.164 e. The smallest absolute Gasteiger partial charge is 0.164 e. The Labute approximate surface area is 123 Å². The summed E-state index contributed by atoms with van der Waals surface area (Å²) < 4.78 is 17.6. The van der Waals surface area contributed by atoms with Crippen molar-refractivity contribution in [2.24, 2.45) is 12.8 Å². The molecule has 0 saturated carbocycles. The van der Waals surface area contributed by atoms with Crippen LogP contribution in [-0.2, 0) is 13.5 Å². The first-order valence-corrected chi connectivity index (χ1v) is 6.49. The summed E-state index contributed by atoms with van der Waals surface area (Å²) in [4.78, 5) is 0. The van der Waals surface area contributed by atoms with Gasteiger partial charge < -0.3 is 19.9 Å². The van der Waals surface area contributed by atoms with Crippen molar-refractivity contribution in [1.82, 2.24) is 15.0 Å². The van der Waals surface area contributed by atoms with Crippen molar-refractivity contribution >= 4 is 0 Å². The topological polar surface area (TPSA) is 84.4 Å². The molecule has 7 nitrogen and oxygen atoms in total. The molecule has 114 valence electrons. The van der Waals surface area contributed by atoms with E-state index in [0.29, 0.717) is 23.7 Å². The molecule has 1 atom stereocenters. The molecule has 1 heterocycles. The second-order valence-corrected chi connectivity index (χ2v) is 4.64. The fourth-order valence-electron chi connectivity index (χ4n) is 2.17. The van der Waals surface area contributed by atoms with Crippen LogP contribution in [0.15, 0.2) is 18.3 Å². The van der Waals surface area contributed by atoms with Crippen LogP contribution < -0.4 is 19.9 Å². The number of nitrogens with two attached hydrogens (primary N) is 1. The average molecular weight is 292 g/mol. The Morgan fingerprint density at radius 2 is 1.71 bits per heavy atom. The number of aryl methyl sites for hydroxylation is 1. The van der Waals surface area contributed by atoms with Gasteiger partial charge in [0.1, 0.15) is 5.75 Å². The fraction of sp³-hybridized carbons (Fsp3) is 0.429. The summed E-state index contributed by atoms with van der Waals surface area (Å²) in [5.41, 5.74) is 7.93. The van der Waals surface area contributed by atoms with E-state index < -0.39 is 0 Å². The molecule has 2 N–H and O–H groups in total. The van der Waals surface area contributed by atoms with E-state index in [1.807, 2.05) is 19.3 Å². The molecule has 1 unspecified atom stereocenters. The SMILES string of the molecule is COc1cc(OC)c(C(N)Cc2cn(C)nn2)cc1OC. The standard InChI is InChI=1S/C14H20N4O3/c1-18-8-9(16-17-18)5-11(15)10-6-13(20-3)14(21-4)7-12(10)19-2/h6-8,11H,5,15H2,1-4H3. The number of aromatic nitrogens is 3. The lowest BCUT2D eigenvalue weighted by Crippen LogP contribution is -2.15. The first-order chi connectivity index (χ1) is 10.1. The van der Waals surface area contributed by atoms with E-state index in [1.165, 1.54) is 0 Å². The average Bonchev–Trinajstić information content (AvgIpc) is 2.90. The Hall–Kier alpha value is -2.28. The maximum atomic E-state index is 6.27. The molecule has 0 fully saturated rings. The van der Waals surface area contributed by atoms with E-state index in [9.17, 15) is 0 Å². The van der Waals surface area contributed by atoms with E-state index in [1.54, 1.807) is 32.1 Å². The summed E-state index contributed by atoms with van der Waals surface area (Å²) in [6, 6.07) is 3.32. The van der Waals surface area contributed by atoms with Crippen molar-refractivity contribution in [2.45, 2.75) is 12.5 Å². The van der Waals surface area contributed by atoms with Crippen molar-refractivity contribution < 1.29 is 14.2 Å². The van der Waals surface area contributed by atoms with Crippen molar-refractivity contribution in [2.75, 3.05) is 21.3 Å². The summed E-state index contributed by atoms with van der Waals surface area (Å²) in [5, 5.41) is 7.95.